The molecule has 0 aromatic heterocycles. The summed E-state index contributed by atoms with van der Waals surface area (Å²) in [5.74, 6) is 0. The predicted octanol–water partition coefficient (Wildman–Crippen LogP) is 0.0782. The summed E-state index contributed by atoms with van der Waals surface area (Å²) < 4.78 is 16.1. The molecule has 0 aliphatic rings. The summed E-state index contributed by atoms with van der Waals surface area (Å²) in [5, 5.41) is 2.44. The summed E-state index contributed by atoms with van der Waals surface area (Å²) in [5.41, 5.74) is 6.19. The number of nitrogens with two attached hydrogens (primary N) is 1. The van der Waals surface area contributed by atoms with Gasteiger partial charge in [0.05, 0.1) is 0 Å². The van der Waals surface area contributed by atoms with Crippen LogP contribution in [0.1, 0.15) is 20.3 Å². The van der Waals surface area contributed by atoms with Crippen LogP contribution in [0.2, 0.25) is 0 Å². The zero-order valence-corrected chi connectivity index (χ0v) is 10.7. The monoisotopic (exact) mass is 222 g/mol. The first kappa shape index (κ1) is 14.0. The van der Waals surface area contributed by atoms with Crippen molar-refractivity contribution in [3.05, 3.63) is 0 Å². The maximum atomic E-state index is 6.19. The highest BCUT2D eigenvalue weighted by Crippen LogP contribution is 2.21. The lowest BCUT2D eigenvalue weighted by molar-refractivity contribution is 0.0812. The lowest BCUT2D eigenvalue weighted by Crippen LogP contribution is -2.75. The lowest BCUT2D eigenvalue weighted by Gasteiger charge is -2.40. The summed E-state index contributed by atoms with van der Waals surface area (Å²) in [6.07, 6.45) is 0.683. The molecule has 0 rings (SSSR count). The SMILES string of the molecule is CCNC(N)(CC)[Si](OC)(OC)OC. The van der Waals surface area contributed by atoms with Gasteiger partial charge in [0, 0.05) is 21.3 Å². The minimum absolute atomic E-state index is 0.683. The van der Waals surface area contributed by atoms with Crippen molar-refractivity contribution in [2.75, 3.05) is 27.9 Å². The summed E-state index contributed by atoms with van der Waals surface area (Å²) in [6.45, 7) is 4.70. The fourth-order valence-electron chi connectivity index (χ4n) is 1.56. The Bertz CT molecular complexity index is 158. The Morgan fingerprint density at radius 1 is 1.14 bits per heavy atom. The molecule has 3 N–H and O–H groups in total. The van der Waals surface area contributed by atoms with Gasteiger partial charge in [0.25, 0.3) is 0 Å². The van der Waals surface area contributed by atoms with E-state index in [2.05, 4.69) is 5.32 Å². The molecule has 0 fully saturated rings. The van der Waals surface area contributed by atoms with E-state index in [0.29, 0.717) is 6.42 Å². The third kappa shape index (κ3) is 2.33. The molecular formula is C8H22N2O3Si. The van der Waals surface area contributed by atoms with E-state index in [4.69, 9.17) is 19.0 Å². The first-order valence-electron chi connectivity index (χ1n) is 4.75. The average Bonchev–Trinajstić information content (AvgIpc) is 2.21. The van der Waals surface area contributed by atoms with E-state index in [1.807, 2.05) is 13.8 Å². The van der Waals surface area contributed by atoms with Gasteiger partial charge in [-0.15, -0.1) is 0 Å². The average molecular weight is 222 g/mol. The van der Waals surface area contributed by atoms with Crippen molar-refractivity contribution in [1.29, 1.82) is 0 Å². The molecule has 0 bridgehead atoms. The van der Waals surface area contributed by atoms with Crippen LogP contribution < -0.4 is 11.1 Å². The molecule has 1 atom stereocenters. The standard InChI is InChI=1S/C8H22N2O3Si/c1-6-8(9,10-7-2)14(11-3,12-4)13-5/h10H,6-7,9H2,1-5H3. The van der Waals surface area contributed by atoms with Gasteiger partial charge in [-0.2, -0.15) is 0 Å². The summed E-state index contributed by atoms with van der Waals surface area (Å²) in [7, 11) is 1.86. The maximum Gasteiger partial charge on any atom is 0.536 e. The van der Waals surface area contributed by atoms with Crippen molar-refractivity contribution < 1.29 is 13.3 Å². The van der Waals surface area contributed by atoms with Crippen LogP contribution in [0.15, 0.2) is 0 Å². The van der Waals surface area contributed by atoms with Crippen molar-refractivity contribution in [2.24, 2.45) is 5.73 Å². The second-order valence-electron chi connectivity index (χ2n) is 3.02. The highest BCUT2D eigenvalue weighted by Gasteiger charge is 2.56. The fraction of sp³-hybridized carbons (Fsp3) is 1.00. The van der Waals surface area contributed by atoms with Crippen LogP contribution in [0.5, 0.6) is 0 Å². The third-order valence-corrected chi connectivity index (χ3v) is 5.64. The van der Waals surface area contributed by atoms with E-state index in [1.54, 1.807) is 21.3 Å². The second kappa shape index (κ2) is 5.79. The molecule has 6 heteroatoms. The Labute approximate surface area is 87.3 Å². The highest BCUT2D eigenvalue weighted by molar-refractivity contribution is 6.64. The van der Waals surface area contributed by atoms with Crippen LogP contribution in [0.3, 0.4) is 0 Å². The Morgan fingerprint density at radius 3 is 1.79 bits per heavy atom. The fourth-order valence-corrected chi connectivity index (χ4v) is 3.98. The molecule has 0 aliphatic heterocycles. The molecule has 0 saturated carbocycles. The summed E-state index contributed by atoms with van der Waals surface area (Å²) in [4.78, 5) is 0. The number of hydrogen-bond donors (Lipinski definition) is 2. The zero-order valence-electron chi connectivity index (χ0n) is 9.72. The smallest absolute Gasteiger partial charge is 0.375 e. The molecule has 0 heterocycles. The minimum atomic E-state index is -2.83. The van der Waals surface area contributed by atoms with Gasteiger partial charge in [-0.1, -0.05) is 13.8 Å². The molecule has 5 nitrogen and oxygen atoms in total. The molecule has 0 radical (unpaired) electrons. The van der Waals surface area contributed by atoms with Crippen molar-refractivity contribution >= 4 is 8.80 Å². The van der Waals surface area contributed by atoms with E-state index in [1.165, 1.54) is 0 Å². The largest absolute Gasteiger partial charge is 0.536 e. The van der Waals surface area contributed by atoms with Gasteiger partial charge in [-0.3, -0.25) is 5.32 Å². The molecule has 86 valence electrons. The van der Waals surface area contributed by atoms with Gasteiger partial charge in [0.15, 0.2) is 0 Å². The predicted molar refractivity (Wildman–Crippen MR) is 57.7 cm³/mol. The topological polar surface area (TPSA) is 65.7 Å². The molecule has 0 amide bonds. The van der Waals surface area contributed by atoms with Gasteiger partial charge >= 0.3 is 8.80 Å². The molecule has 0 saturated heterocycles. The maximum absolute atomic E-state index is 6.19. The number of hydrogen-bond acceptors (Lipinski definition) is 5. The van der Waals surface area contributed by atoms with Crippen molar-refractivity contribution in [3.8, 4) is 0 Å². The highest BCUT2D eigenvalue weighted by atomic mass is 28.4. The van der Waals surface area contributed by atoms with Crippen molar-refractivity contribution in [1.82, 2.24) is 5.32 Å². The van der Waals surface area contributed by atoms with Crippen LogP contribution in [-0.2, 0) is 13.3 Å². The molecule has 0 aromatic rings. The first-order valence-corrected chi connectivity index (χ1v) is 6.47. The van der Waals surface area contributed by atoms with E-state index in [9.17, 15) is 0 Å². The van der Waals surface area contributed by atoms with Crippen LogP contribution in [0, 0.1) is 0 Å². The van der Waals surface area contributed by atoms with Gasteiger partial charge < -0.3 is 19.0 Å². The molecule has 0 spiro atoms. The first-order chi connectivity index (χ1) is 6.55. The third-order valence-electron chi connectivity index (χ3n) is 2.40. The number of nitrogens with one attached hydrogen (secondary N) is 1. The van der Waals surface area contributed by atoms with Gasteiger partial charge in [-0.25, -0.2) is 0 Å². The van der Waals surface area contributed by atoms with E-state index in [0.717, 1.165) is 6.54 Å². The van der Waals surface area contributed by atoms with Crippen molar-refractivity contribution in [3.63, 3.8) is 0 Å². The Balaban J connectivity index is 4.90. The Kier molecular flexibility index (Phi) is 5.80. The van der Waals surface area contributed by atoms with Gasteiger partial charge in [0.2, 0.25) is 0 Å². The zero-order chi connectivity index (χ0) is 11.2. The minimum Gasteiger partial charge on any atom is -0.375 e. The van der Waals surface area contributed by atoms with E-state index in [-0.39, 0.29) is 0 Å². The van der Waals surface area contributed by atoms with Gasteiger partial charge in [0.1, 0.15) is 5.29 Å². The molecular weight excluding hydrogens is 200 g/mol. The molecule has 0 aromatic carbocycles. The van der Waals surface area contributed by atoms with Crippen LogP contribution in [0.4, 0.5) is 0 Å². The molecule has 1 unspecified atom stereocenters. The quantitative estimate of drug-likeness (QED) is 0.472. The summed E-state index contributed by atoms with van der Waals surface area (Å²) in [6, 6.07) is 0. The second-order valence-corrected chi connectivity index (χ2v) is 6.25. The van der Waals surface area contributed by atoms with Crippen molar-refractivity contribution in [2.45, 2.75) is 25.6 Å². The Hall–Kier alpha value is 0.0169. The van der Waals surface area contributed by atoms with Crippen LogP contribution >= 0.6 is 0 Å². The lowest BCUT2D eigenvalue weighted by atomic mass is 10.4. The Morgan fingerprint density at radius 2 is 1.57 bits per heavy atom. The van der Waals surface area contributed by atoms with Crippen LogP contribution in [-0.4, -0.2) is 42.0 Å². The van der Waals surface area contributed by atoms with E-state index < -0.39 is 14.1 Å². The normalized spacial score (nSPS) is 16.7. The van der Waals surface area contributed by atoms with Gasteiger partial charge in [-0.05, 0) is 13.0 Å². The number of rotatable bonds is 7. The van der Waals surface area contributed by atoms with E-state index >= 15 is 0 Å². The molecule has 0 aliphatic carbocycles. The molecule has 14 heavy (non-hydrogen) atoms. The summed E-state index contributed by atoms with van der Waals surface area (Å²) >= 11 is 0. The van der Waals surface area contributed by atoms with Crippen LogP contribution in [0.25, 0.3) is 0 Å².